The molecule has 0 bridgehead atoms. The first-order valence-electron chi connectivity index (χ1n) is 6.15. The van der Waals surface area contributed by atoms with Crippen LogP contribution in [0.25, 0.3) is 0 Å². The smallest absolute Gasteiger partial charge is 0.204 e. The number of carbonyl (C=O) groups excluding carboxylic acids is 1. The van der Waals surface area contributed by atoms with Crippen LogP contribution in [0.5, 0.6) is 5.75 Å². The van der Waals surface area contributed by atoms with Gasteiger partial charge < -0.3 is 9.84 Å². The van der Waals surface area contributed by atoms with Gasteiger partial charge in [0.05, 0.1) is 6.42 Å². The zero-order valence-corrected chi connectivity index (χ0v) is 11.0. The Labute approximate surface area is 108 Å². The average molecular weight is 248 g/mol. The Kier molecular flexibility index (Phi) is 5.59. The number of benzene rings is 1. The van der Waals surface area contributed by atoms with Gasteiger partial charge in [-0.3, -0.25) is 4.79 Å². The highest BCUT2D eigenvalue weighted by atomic mass is 16.6. The summed E-state index contributed by atoms with van der Waals surface area (Å²) in [5.74, 6) is 0.377. The van der Waals surface area contributed by atoms with Gasteiger partial charge in [-0.15, -0.1) is 0 Å². The van der Waals surface area contributed by atoms with Gasteiger partial charge in [0, 0.05) is 0 Å². The second-order valence-corrected chi connectivity index (χ2v) is 4.37. The molecule has 3 nitrogen and oxygen atoms in total. The maximum absolute atomic E-state index is 11.3. The minimum atomic E-state index is -1.12. The van der Waals surface area contributed by atoms with Crippen LogP contribution in [0.4, 0.5) is 0 Å². The van der Waals surface area contributed by atoms with Crippen LogP contribution in [-0.2, 0) is 11.2 Å². The van der Waals surface area contributed by atoms with Crippen molar-refractivity contribution < 1.29 is 14.6 Å². The van der Waals surface area contributed by atoms with Crippen molar-refractivity contribution in [3.05, 3.63) is 42.0 Å². The molecule has 0 fully saturated rings. The SMILES string of the molecule is C=C(C)C(=O)CC(O)Oc1ccc(CCC)cc1. The normalized spacial score (nSPS) is 11.9. The molecule has 0 radical (unpaired) electrons. The first kappa shape index (κ1) is 14.5. The summed E-state index contributed by atoms with van der Waals surface area (Å²) >= 11 is 0. The van der Waals surface area contributed by atoms with Crippen LogP contribution in [0, 0.1) is 0 Å². The Balaban J connectivity index is 2.51. The lowest BCUT2D eigenvalue weighted by Crippen LogP contribution is -2.20. The van der Waals surface area contributed by atoms with E-state index in [9.17, 15) is 9.90 Å². The molecule has 1 rings (SSSR count). The van der Waals surface area contributed by atoms with Crippen LogP contribution in [0.1, 0.15) is 32.3 Å². The second kappa shape index (κ2) is 6.97. The number of rotatable bonds is 7. The highest BCUT2D eigenvalue weighted by Crippen LogP contribution is 2.15. The molecule has 0 aromatic heterocycles. The van der Waals surface area contributed by atoms with E-state index in [-0.39, 0.29) is 12.2 Å². The summed E-state index contributed by atoms with van der Waals surface area (Å²) in [5.41, 5.74) is 1.66. The van der Waals surface area contributed by atoms with Gasteiger partial charge in [-0.25, -0.2) is 0 Å². The zero-order valence-electron chi connectivity index (χ0n) is 11.0. The number of allylic oxidation sites excluding steroid dienone is 1. The van der Waals surface area contributed by atoms with Gasteiger partial charge in [0.1, 0.15) is 5.75 Å². The Morgan fingerprint density at radius 1 is 1.39 bits per heavy atom. The van der Waals surface area contributed by atoms with Gasteiger partial charge in [0.2, 0.25) is 6.29 Å². The molecule has 0 saturated heterocycles. The Morgan fingerprint density at radius 3 is 2.50 bits per heavy atom. The molecular formula is C15H20O3. The highest BCUT2D eigenvalue weighted by Gasteiger charge is 2.12. The Hall–Kier alpha value is -1.61. The third kappa shape index (κ3) is 4.72. The summed E-state index contributed by atoms with van der Waals surface area (Å²) in [6, 6.07) is 7.54. The van der Waals surface area contributed by atoms with Gasteiger partial charge in [-0.2, -0.15) is 0 Å². The number of Topliss-reactive ketones (excluding diaryl/α,β-unsaturated/α-hetero) is 1. The quantitative estimate of drug-likeness (QED) is 0.596. The van der Waals surface area contributed by atoms with Crippen molar-refractivity contribution in [3.8, 4) is 5.75 Å². The molecule has 0 aliphatic rings. The minimum absolute atomic E-state index is 0.0634. The van der Waals surface area contributed by atoms with Crippen LogP contribution in [0.2, 0.25) is 0 Å². The van der Waals surface area contributed by atoms with E-state index in [1.165, 1.54) is 5.56 Å². The van der Waals surface area contributed by atoms with Crippen LogP contribution < -0.4 is 4.74 Å². The number of hydrogen-bond acceptors (Lipinski definition) is 3. The van der Waals surface area contributed by atoms with E-state index in [0.29, 0.717) is 11.3 Å². The number of hydrogen-bond donors (Lipinski definition) is 1. The average Bonchev–Trinajstić information content (AvgIpc) is 2.31. The fraction of sp³-hybridized carbons (Fsp3) is 0.400. The molecule has 1 aromatic rings. The molecule has 1 N–H and O–H groups in total. The molecule has 0 spiro atoms. The minimum Gasteiger partial charge on any atom is -0.465 e. The monoisotopic (exact) mass is 248 g/mol. The topological polar surface area (TPSA) is 46.5 Å². The van der Waals surface area contributed by atoms with Crippen molar-refractivity contribution in [1.29, 1.82) is 0 Å². The summed E-state index contributed by atoms with van der Waals surface area (Å²) < 4.78 is 5.26. The van der Waals surface area contributed by atoms with Gasteiger partial charge in [0.25, 0.3) is 0 Å². The third-order valence-electron chi connectivity index (χ3n) is 2.57. The number of aryl methyl sites for hydroxylation is 1. The summed E-state index contributed by atoms with van der Waals surface area (Å²) in [6.07, 6.45) is 0.935. The summed E-state index contributed by atoms with van der Waals surface area (Å²) in [7, 11) is 0. The molecule has 18 heavy (non-hydrogen) atoms. The fourth-order valence-corrected chi connectivity index (χ4v) is 1.55. The van der Waals surface area contributed by atoms with Crippen LogP contribution in [0.3, 0.4) is 0 Å². The van der Waals surface area contributed by atoms with E-state index in [2.05, 4.69) is 13.5 Å². The number of aliphatic hydroxyl groups excluding tert-OH is 1. The summed E-state index contributed by atoms with van der Waals surface area (Å²) in [4.78, 5) is 11.3. The molecule has 1 unspecified atom stereocenters. The van der Waals surface area contributed by atoms with Crippen LogP contribution in [-0.4, -0.2) is 17.2 Å². The first-order chi connectivity index (χ1) is 8.52. The van der Waals surface area contributed by atoms with Crippen molar-refractivity contribution in [3.63, 3.8) is 0 Å². The van der Waals surface area contributed by atoms with Crippen molar-refractivity contribution in [2.24, 2.45) is 0 Å². The zero-order chi connectivity index (χ0) is 13.5. The van der Waals surface area contributed by atoms with E-state index in [1.54, 1.807) is 19.1 Å². The van der Waals surface area contributed by atoms with Crippen molar-refractivity contribution in [1.82, 2.24) is 0 Å². The Bertz CT molecular complexity index is 406. The maximum atomic E-state index is 11.3. The predicted molar refractivity (Wildman–Crippen MR) is 71.5 cm³/mol. The van der Waals surface area contributed by atoms with Crippen LogP contribution in [0.15, 0.2) is 36.4 Å². The highest BCUT2D eigenvalue weighted by molar-refractivity contribution is 5.94. The van der Waals surface area contributed by atoms with E-state index >= 15 is 0 Å². The predicted octanol–water partition coefficient (Wildman–Crippen LogP) is 2.87. The molecule has 1 atom stereocenters. The molecule has 3 heteroatoms. The fourth-order valence-electron chi connectivity index (χ4n) is 1.55. The largest absolute Gasteiger partial charge is 0.465 e. The number of ether oxygens (including phenoxy) is 1. The molecule has 0 heterocycles. The molecule has 0 saturated carbocycles. The van der Waals surface area contributed by atoms with E-state index in [4.69, 9.17) is 4.74 Å². The number of carbonyl (C=O) groups is 1. The lowest BCUT2D eigenvalue weighted by molar-refractivity contribution is -0.122. The lowest BCUT2D eigenvalue weighted by Gasteiger charge is -2.13. The van der Waals surface area contributed by atoms with E-state index < -0.39 is 6.29 Å². The Morgan fingerprint density at radius 2 is 2.00 bits per heavy atom. The van der Waals surface area contributed by atoms with E-state index in [1.807, 2.05) is 12.1 Å². The number of aliphatic hydroxyl groups is 1. The van der Waals surface area contributed by atoms with Gasteiger partial charge in [-0.1, -0.05) is 32.1 Å². The summed E-state index contributed by atoms with van der Waals surface area (Å²) in [6.45, 7) is 7.27. The van der Waals surface area contributed by atoms with E-state index in [0.717, 1.165) is 12.8 Å². The van der Waals surface area contributed by atoms with Crippen molar-refractivity contribution in [2.75, 3.05) is 0 Å². The van der Waals surface area contributed by atoms with Gasteiger partial charge in [0.15, 0.2) is 5.78 Å². The van der Waals surface area contributed by atoms with Crippen molar-refractivity contribution >= 4 is 5.78 Å². The summed E-state index contributed by atoms with van der Waals surface area (Å²) in [5, 5.41) is 9.61. The third-order valence-corrected chi connectivity index (χ3v) is 2.57. The van der Waals surface area contributed by atoms with Gasteiger partial charge in [-0.05, 0) is 36.6 Å². The molecule has 0 amide bonds. The molecule has 98 valence electrons. The first-order valence-corrected chi connectivity index (χ1v) is 6.15. The van der Waals surface area contributed by atoms with Gasteiger partial charge >= 0.3 is 0 Å². The number of ketones is 1. The van der Waals surface area contributed by atoms with Crippen molar-refractivity contribution in [2.45, 2.75) is 39.4 Å². The molecule has 1 aromatic carbocycles. The lowest BCUT2D eigenvalue weighted by atomic mass is 10.1. The van der Waals surface area contributed by atoms with Crippen LogP contribution >= 0.6 is 0 Å². The standard InChI is InChI=1S/C15H20O3/c1-4-5-12-6-8-13(9-7-12)18-15(17)10-14(16)11(2)3/h6-9,15,17H,2,4-5,10H2,1,3H3. The maximum Gasteiger partial charge on any atom is 0.204 e. The molecule has 0 aliphatic carbocycles. The molecular weight excluding hydrogens is 228 g/mol. The second-order valence-electron chi connectivity index (χ2n) is 4.37. The molecule has 0 aliphatic heterocycles.